The molecule has 1 aromatic heterocycles. The zero-order chi connectivity index (χ0) is 13.3. The van der Waals surface area contributed by atoms with Crippen LogP contribution in [0.1, 0.15) is 17.5 Å². The molecule has 0 saturated carbocycles. The Bertz CT molecular complexity index is 571. The summed E-state index contributed by atoms with van der Waals surface area (Å²) in [6, 6.07) is 4.43. The normalized spacial score (nSPS) is 14.3. The molecule has 0 aliphatic carbocycles. The van der Waals surface area contributed by atoms with Crippen LogP contribution in [0.25, 0.3) is 0 Å². The van der Waals surface area contributed by atoms with Crippen LogP contribution >= 0.6 is 27.3 Å². The Kier molecular flexibility index (Phi) is 3.70. The molecule has 0 saturated heterocycles. The zero-order valence-corrected chi connectivity index (χ0v) is 12.2. The first kappa shape index (κ1) is 13.5. The Morgan fingerprint density at radius 2 is 2.22 bits per heavy atom. The number of nitrogens with zero attached hydrogens (tertiary/aromatic N) is 1. The Hall–Kier alpha value is -0.980. The molecule has 1 N–H and O–H groups in total. The number of methoxy groups -OCH3 is 1. The fraction of sp³-hybridized carbons (Fsp3) is 0.250. The van der Waals surface area contributed by atoms with Crippen LogP contribution in [0, 0.1) is 5.82 Å². The van der Waals surface area contributed by atoms with Crippen LogP contribution in [0.2, 0.25) is 0 Å². The second-order valence-electron chi connectivity index (χ2n) is 3.86. The molecule has 0 bridgehead atoms. The summed E-state index contributed by atoms with van der Waals surface area (Å²) in [7, 11) is 1.44. The summed E-state index contributed by atoms with van der Waals surface area (Å²) in [5.74, 6) is -0.225. The molecule has 18 heavy (non-hydrogen) atoms. The van der Waals surface area contributed by atoms with Crippen molar-refractivity contribution < 1.29 is 14.2 Å². The van der Waals surface area contributed by atoms with Crippen molar-refractivity contribution in [2.45, 2.75) is 12.5 Å². The standard InChI is InChI=1S/C12H11BrFNO2S/c1-12(16,11-15-9(13)6-18-11)10-7(14)4-3-5-8(10)17-2/h3-6,16H,1-2H3. The van der Waals surface area contributed by atoms with Crippen LogP contribution in [0.3, 0.4) is 0 Å². The fourth-order valence-corrected chi connectivity index (χ4v) is 3.05. The SMILES string of the molecule is COc1cccc(F)c1C(C)(O)c1nc(Br)cs1. The van der Waals surface area contributed by atoms with E-state index in [1.54, 1.807) is 11.4 Å². The molecule has 0 aliphatic heterocycles. The van der Waals surface area contributed by atoms with Crippen molar-refractivity contribution in [1.82, 2.24) is 4.98 Å². The minimum absolute atomic E-state index is 0.0920. The molecule has 96 valence electrons. The molecule has 0 amide bonds. The number of halogens is 2. The lowest BCUT2D eigenvalue weighted by molar-refractivity contribution is 0.0940. The van der Waals surface area contributed by atoms with E-state index in [0.717, 1.165) is 0 Å². The summed E-state index contributed by atoms with van der Waals surface area (Å²) in [6.07, 6.45) is 0. The minimum Gasteiger partial charge on any atom is -0.496 e. The van der Waals surface area contributed by atoms with Gasteiger partial charge in [0.25, 0.3) is 0 Å². The van der Waals surface area contributed by atoms with Crippen molar-refractivity contribution in [3.8, 4) is 5.75 Å². The first-order chi connectivity index (χ1) is 8.46. The average Bonchev–Trinajstić information content (AvgIpc) is 2.75. The van der Waals surface area contributed by atoms with Crippen molar-refractivity contribution in [2.75, 3.05) is 7.11 Å². The number of aliphatic hydroxyl groups is 1. The number of rotatable bonds is 3. The van der Waals surface area contributed by atoms with Crippen LogP contribution in [-0.2, 0) is 5.60 Å². The largest absolute Gasteiger partial charge is 0.496 e. The van der Waals surface area contributed by atoms with Crippen molar-refractivity contribution in [1.29, 1.82) is 0 Å². The predicted octanol–water partition coefficient (Wildman–Crippen LogP) is 3.31. The number of hydrogen-bond acceptors (Lipinski definition) is 4. The summed E-state index contributed by atoms with van der Waals surface area (Å²) >= 11 is 4.46. The van der Waals surface area contributed by atoms with Crippen LogP contribution in [-0.4, -0.2) is 17.2 Å². The third kappa shape index (κ3) is 2.28. The van der Waals surface area contributed by atoms with Crippen LogP contribution in [0.15, 0.2) is 28.2 Å². The molecule has 0 fully saturated rings. The van der Waals surface area contributed by atoms with E-state index < -0.39 is 11.4 Å². The maximum atomic E-state index is 14.0. The highest BCUT2D eigenvalue weighted by Gasteiger charge is 2.35. The lowest BCUT2D eigenvalue weighted by Crippen LogP contribution is -2.25. The molecular formula is C12H11BrFNO2S. The highest BCUT2D eigenvalue weighted by atomic mass is 79.9. The second kappa shape index (κ2) is 4.95. The van der Waals surface area contributed by atoms with Gasteiger partial charge >= 0.3 is 0 Å². The van der Waals surface area contributed by atoms with E-state index in [0.29, 0.717) is 15.4 Å². The Labute approximate surface area is 116 Å². The van der Waals surface area contributed by atoms with Crippen LogP contribution < -0.4 is 4.74 Å². The Morgan fingerprint density at radius 3 is 2.78 bits per heavy atom. The molecule has 0 spiro atoms. The van der Waals surface area contributed by atoms with Gasteiger partial charge in [-0.15, -0.1) is 11.3 Å². The minimum atomic E-state index is -1.53. The van der Waals surface area contributed by atoms with E-state index in [-0.39, 0.29) is 5.56 Å². The summed E-state index contributed by atoms with van der Waals surface area (Å²) < 4.78 is 19.7. The fourth-order valence-electron chi connectivity index (χ4n) is 1.73. The first-order valence-corrected chi connectivity index (χ1v) is 6.81. The van der Waals surface area contributed by atoms with Gasteiger partial charge in [0.1, 0.15) is 26.8 Å². The molecule has 1 unspecified atom stereocenters. The van der Waals surface area contributed by atoms with Crippen molar-refractivity contribution >= 4 is 27.3 Å². The Morgan fingerprint density at radius 1 is 1.50 bits per heavy atom. The lowest BCUT2D eigenvalue weighted by atomic mass is 9.95. The summed E-state index contributed by atoms with van der Waals surface area (Å²) in [5.41, 5.74) is -1.44. The molecule has 1 atom stereocenters. The van der Waals surface area contributed by atoms with Gasteiger partial charge in [-0.1, -0.05) is 6.07 Å². The van der Waals surface area contributed by atoms with Gasteiger partial charge in [-0.25, -0.2) is 9.37 Å². The van der Waals surface area contributed by atoms with Crippen LogP contribution in [0.5, 0.6) is 5.75 Å². The highest BCUT2D eigenvalue weighted by Crippen LogP contribution is 2.38. The van der Waals surface area contributed by atoms with E-state index >= 15 is 0 Å². The van der Waals surface area contributed by atoms with Crippen LogP contribution in [0.4, 0.5) is 4.39 Å². The van der Waals surface area contributed by atoms with Gasteiger partial charge in [0, 0.05) is 5.38 Å². The maximum Gasteiger partial charge on any atom is 0.145 e. The quantitative estimate of drug-likeness (QED) is 0.938. The summed E-state index contributed by atoms with van der Waals surface area (Å²) in [6.45, 7) is 1.50. The van der Waals surface area contributed by atoms with Crippen molar-refractivity contribution in [3.05, 3.63) is 44.6 Å². The third-order valence-corrected chi connectivity index (χ3v) is 4.34. The number of ether oxygens (including phenoxy) is 1. The Balaban J connectivity index is 2.60. The second-order valence-corrected chi connectivity index (χ2v) is 5.54. The zero-order valence-electron chi connectivity index (χ0n) is 9.78. The topological polar surface area (TPSA) is 42.4 Å². The van der Waals surface area contributed by atoms with E-state index in [1.807, 2.05) is 0 Å². The molecule has 1 heterocycles. The van der Waals surface area contributed by atoms with E-state index in [1.165, 1.54) is 37.5 Å². The van der Waals surface area contributed by atoms with Gasteiger partial charge in [-0.2, -0.15) is 0 Å². The van der Waals surface area contributed by atoms with Gasteiger partial charge in [-0.3, -0.25) is 0 Å². The number of hydrogen-bond donors (Lipinski definition) is 1. The predicted molar refractivity (Wildman–Crippen MR) is 71.4 cm³/mol. The lowest BCUT2D eigenvalue weighted by Gasteiger charge is -2.23. The molecule has 3 nitrogen and oxygen atoms in total. The highest BCUT2D eigenvalue weighted by molar-refractivity contribution is 9.10. The number of benzene rings is 1. The molecular weight excluding hydrogens is 321 g/mol. The van der Waals surface area contributed by atoms with E-state index in [9.17, 15) is 9.50 Å². The molecule has 0 aliphatic rings. The van der Waals surface area contributed by atoms with Gasteiger partial charge in [0.05, 0.1) is 12.7 Å². The molecule has 2 rings (SSSR count). The van der Waals surface area contributed by atoms with E-state index in [4.69, 9.17) is 4.74 Å². The van der Waals surface area contributed by atoms with Gasteiger partial charge in [-0.05, 0) is 35.0 Å². The summed E-state index contributed by atoms with van der Waals surface area (Å²) in [4.78, 5) is 4.14. The van der Waals surface area contributed by atoms with Gasteiger partial charge in [0.15, 0.2) is 0 Å². The van der Waals surface area contributed by atoms with E-state index in [2.05, 4.69) is 20.9 Å². The summed E-state index contributed by atoms with van der Waals surface area (Å²) in [5, 5.41) is 12.7. The first-order valence-electron chi connectivity index (χ1n) is 5.13. The van der Waals surface area contributed by atoms with Gasteiger partial charge in [0.2, 0.25) is 0 Å². The van der Waals surface area contributed by atoms with Crippen molar-refractivity contribution in [2.24, 2.45) is 0 Å². The molecule has 1 aromatic carbocycles. The molecule has 0 radical (unpaired) electrons. The number of thiazole rings is 1. The smallest absolute Gasteiger partial charge is 0.145 e. The van der Waals surface area contributed by atoms with Crippen molar-refractivity contribution in [3.63, 3.8) is 0 Å². The maximum absolute atomic E-state index is 14.0. The monoisotopic (exact) mass is 331 g/mol. The number of aromatic nitrogens is 1. The van der Waals surface area contributed by atoms with Gasteiger partial charge < -0.3 is 9.84 Å². The molecule has 6 heteroatoms. The average molecular weight is 332 g/mol. The third-order valence-electron chi connectivity index (χ3n) is 2.57. The molecule has 2 aromatic rings.